The Balaban J connectivity index is 1.69. The normalized spacial score (nSPS) is 10.8. The van der Waals surface area contributed by atoms with Crippen LogP contribution < -0.4 is 0 Å². The van der Waals surface area contributed by atoms with Crippen molar-refractivity contribution in [2.45, 2.75) is 26.4 Å². The van der Waals surface area contributed by atoms with E-state index in [1.54, 1.807) is 11.9 Å². The third-order valence-corrected chi connectivity index (χ3v) is 4.87. The van der Waals surface area contributed by atoms with Crippen LogP contribution in [-0.4, -0.2) is 32.6 Å². The van der Waals surface area contributed by atoms with Gasteiger partial charge in [0.15, 0.2) is 10.6 Å². The first kappa shape index (κ1) is 19.3. The van der Waals surface area contributed by atoms with Crippen LogP contribution in [0.4, 0.5) is 0 Å². The number of amides is 1. The molecule has 0 aliphatic carbocycles. The zero-order valence-corrected chi connectivity index (χ0v) is 16.8. The van der Waals surface area contributed by atoms with E-state index in [1.165, 1.54) is 0 Å². The predicted octanol–water partition coefficient (Wildman–Crippen LogP) is 4.62. The van der Waals surface area contributed by atoms with Crippen molar-refractivity contribution in [1.29, 1.82) is 0 Å². The fourth-order valence-electron chi connectivity index (χ4n) is 2.93. The highest BCUT2D eigenvalue weighted by atomic mass is 35.5. The van der Waals surface area contributed by atoms with Gasteiger partial charge in [-0.05, 0) is 42.9 Å². The molecule has 7 heteroatoms. The molecule has 0 bridgehead atoms. The van der Waals surface area contributed by atoms with E-state index in [0.29, 0.717) is 29.3 Å². The molecule has 0 fully saturated rings. The van der Waals surface area contributed by atoms with E-state index in [1.807, 2.05) is 54.0 Å². The van der Waals surface area contributed by atoms with Gasteiger partial charge in [0.1, 0.15) is 0 Å². The van der Waals surface area contributed by atoms with Crippen molar-refractivity contribution in [2.24, 2.45) is 0 Å². The van der Waals surface area contributed by atoms with Crippen LogP contribution in [0.1, 0.15) is 17.5 Å². The maximum atomic E-state index is 12.6. The average molecular weight is 401 g/mol. The lowest BCUT2D eigenvalue weighted by Gasteiger charge is -2.18. The molecule has 1 amide bonds. The summed E-state index contributed by atoms with van der Waals surface area (Å²) in [6, 6.07) is 15.6. The van der Waals surface area contributed by atoms with Crippen LogP contribution in [0, 0.1) is 11.7 Å². The van der Waals surface area contributed by atoms with Crippen LogP contribution in [0.15, 0.2) is 48.5 Å². The van der Waals surface area contributed by atoms with Crippen molar-refractivity contribution in [2.75, 3.05) is 7.05 Å². The molecule has 0 unspecified atom stereocenters. The number of nitrogens with one attached hydrogen (secondary N) is 1. The average Bonchev–Trinajstić information content (AvgIpc) is 3.00. The number of H-pyrrole nitrogens is 1. The Hall–Kier alpha value is -2.44. The van der Waals surface area contributed by atoms with Gasteiger partial charge in [-0.2, -0.15) is 5.10 Å². The van der Waals surface area contributed by atoms with E-state index >= 15 is 0 Å². The zero-order valence-electron chi connectivity index (χ0n) is 15.3. The van der Waals surface area contributed by atoms with Crippen molar-refractivity contribution < 1.29 is 4.79 Å². The number of halogens is 1. The fraction of sp³-hybridized carbons (Fsp3) is 0.250. The summed E-state index contributed by atoms with van der Waals surface area (Å²) in [6.45, 7) is 3.02. The van der Waals surface area contributed by atoms with Crippen molar-refractivity contribution in [1.82, 2.24) is 19.7 Å². The number of aromatic nitrogens is 3. The molecular weight excluding hydrogens is 380 g/mol. The molecule has 0 spiro atoms. The minimum atomic E-state index is 0.0354. The number of hydrogen-bond acceptors (Lipinski definition) is 3. The van der Waals surface area contributed by atoms with Gasteiger partial charge in [0.25, 0.3) is 0 Å². The summed E-state index contributed by atoms with van der Waals surface area (Å²) in [7, 11) is 1.79. The molecule has 0 aliphatic heterocycles. The number of carbonyl (C=O) groups is 1. The standard InChI is InChI=1S/C20H21ClN4OS/c1-14-5-3-7-16(11-14)19-22-23-20(27)25(19)10-9-18(26)24(2)13-15-6-4-8-17(21)12-15/h3-8,11-12H,9-10,13H2,1-2H3,(H,23,27). The highest BCUT2D eigenvalue weighted by Crippen LogP contribution is 2.19. The number of aryl methyl sites for hydroxylation is 1. The van der Waals surface area contributed by atoms with Crippen LogP contribution in [0.2, 0.25) is 5.02 Å². The molecule has 0 aliphatic rings. The molecule has 5 nitrogen and oxygen atoms in total. The highest BCUT2D eigenvalue weighted by Gasteiger charge is 2.13. The quantitative estimate of drug-likeness (QED) is 0.614. The van der Waals surface area contributed by atoms with E-state index < -0.39 is 0 Å². The molecule has 0 saturated heterocycles. The molecule has 140 valence electrons. The van der Waals surface area contributed by atoms with Gasteiger partial charge in [0, 0.05) is 37.1 Å². The van der Waals surface area contributed by atoms with Gasteiger partial charge >= 0.3 is 0 Å². The van der Waals surface area contributed by atoms with Gasteiger partial charge in [-0.3, -0.25) is 14.5 Å². The van der Waals surface area contributed by atoms with Crippen molar-refractivity contribution in [3.05, 3.63) is 69.5 Å². The summed E-state index contributed by atoms with van der Waals surface area (Å²) >= 11 is 11.4. The molecule has 0 saturated carbocycles. The Morgan fingerprint density at radius 3 is 2.78 bits per heavy atom. The molecule has 3 rings (SSSR count). The molecular formula is C20H21ClN4OS. The van der Waals surface area contributed by atoms with Crippen LogP contribution >= 0.6 is 23.8 Å². The lowest BCUT2D eigenvalue weighted by atomic mass is 10.1. The summed E-state index contributed by atoms with van der Waals surface area (Å²) in [6.07, 6.45) is 0.337. The lowest BCUT2D eigenvalue weighted by molar-refractivity contribution is -0.130. The first-order valence-electron chi connectivity index (χ1n) is 8.64. The maximum Gasteiger partial charge on any atom is 0.224 e. The number of carbonyl (C=O) groups excluding carboxylic acids is 1. The Labute approximate surface area is 168 Å². The van der Waals surface area contributed by atoms with Crippen LogP contribution in [-0.2, 0) is 17.9 Å². The zero-order chi connectivity index (χ0) is 19.4. The summed E-state index contributed by atoms with van der Waals surface area (Å²) in [5, 5.41) is 7.83. The third-order valence-electron chi connectivity index (χ3n) is 4.32. The van der Waals surface area contributed by atoms with E-state index in [0.717, 1.165) is 22.5 Å². The first-order chi connectivity index (χ1) is 12.9. The Kier molecular flexibility index (Phi) is 6.08. The minimum absolute atomic E-state index is 0.0354. The van der Waals surface area contributed by atoms with E-state index in [9.17, 15) is 4.79 Å². The molecule has 2 aromatic carbocycles. The summed E-state index contributed by atoms with van der Waals surface area (Å²) in [4.78, 5) is 14.3. The van der Waals surface area contributed by atoms with Gasteiger partial charge in [-0.1, -0.05) is 47.5 Å². The second-order valence-electron chi connectivity index (χ2n) is 6.50. The smallest absolute Gasteiger partial charge is 0.224 e. The number of benzene rings is 2. The summed E-state index contributed by atoms with van der Waals surface area (Å²) in [5.74, 6) is 0.780. The minimum Gasteiger partial charge on any atom is -0.341 e. The van der Waals surface area contributed by atoms with E-state index in [4.69, 9.17) is 23.8 Å². The highest BCUT2D eigenvalue weighted by molar-refractivity contribution is 7.71. The molecule has 3 aromatic rings. The monoisotopic (exact) mass is 400 g/mol. The fourth-order valence-corrected chi connectivity index (χ4v) is 3.36. The van der Waals surface area contributed by atoms with Gasteiger partial charge in [-0.15, -0.1) is 0 Å². The van der Waals surface area contributed by atoms with Gasteiger partial charge in [0.2, 0.25) is 5.91 Å². The largest absolute Gasteiger partial charge is 0.341 e. The molecule has 1 heterocycles. The third kappa shape index (κ3) is 4.84. The van der Waals surface area contributed by atoms with Crippen molar-refractivity contribution in [3.8, 4) is 11.4 Å². The van der Waals surface area contributed by atoms with Gasteiger partial charge in [0.05, 0.1) is 0 Å². The first-order valence-corrected chi connectivity index (χ1v) is 9.43. The topological polar surface area (TPSA) is 53.9 Å². The number of nitrogens with zero attached hydrogens (tertiary/aromatic N) is 3. The van der Waals surface area contributed by atoms with Gasteiger partial charge < -0.3 is 4.90 Å². The SMILES string of the molecule is Cc1cccc(-c2n[nH]c(=S)n2CCC(=O)N(C)Cc2cccc(Cl)c2)c1. The molecule has 1 aromatic heterocycles. The number of hydrogen-bond donors (Lipinski definition) is 1. The molecule has 0 atom stereocenters. The van der Waals surface area contributed by atoms with E-state index in [2.05, 4.69) is 16.3 Å². The Morgan fingerprint density at radius 2 is 2.04 bits per heavy atom. The number of aromatic amines is 1. The maximum absolute atomic E-state index is 12.6. The Bertz CT molecular complexity index is 1010. The van der Waals surface area contributed by atoms with Crippen LogP contribution in [0.25, 0.3) is 11.4 Å². The molecule has 27 heavy (non-hydrogen) atoms. The summed E-state index contributed by atoms with van der Waals surface area (Å²) in [5.41, 5.74) is 3.12. The molecule has 1 N–H and O–H groups in total. The van der Waals surface area contributed by atoms with E-state index in [-0.39, 0.29) is 5.91 Å². The Morgan fingerprint density at radius 1 is 1.26 bits per heavy atom. The van der Waals surface area contributed by atoms with Crippen molar-refractivity contribution in [3.63, 3.8) is 0 Å². The second kappa shape index (κ2) is 8.50. The van der Waals surface area contributed by atoms with Crippen LogP contribution in [0.5, 0.6) is 0 Å². The van der Waals surface area contributed by atoms with Crippen molar-refractivity contribution >= 4 is 29.7 Å². The predicted molar refractivity (Wildman–Crippen MR) is 110 cm³/mol. The number of rotatable bonds is 6. The second-order valence-corrected chi connectivity index (χ2v) is 7.33. The van der Waals surface area contributed by atoms with Gasteiger partial charge in [-0.25, -0.2) is 0 Å². The summed E-state index contributed by atoms with van der Waals surface area (Å²) < 4.78 is 2.38. The molecule has 0 radical (unpaired) electrons. The lowest BCUT2D eigenvalue weighted by Crippen LogP contribution is -2.27. The van der Waals surface area contributed by atoms with Crippen LogP contribution in [0.3, 0.4) is 0 Å².